The molecule has 21 heavy (non-hydrogen) atoms. The average molecular weight is 300 g/mol. The number of hydrogen-bond donors (Lipinski definition) is 1. The molecule has 0 saturated carbocycles. The minimum Gasteiger partial charge on any atom is -0.338 e. The first-order valence-electron chi connectivity index (χ1n) is 6.97. The molecule has 1 fully saturated rings. The molecule has 6 heteroatoms. The highest BCUT2D eigenvalue weighted by Crippen LogP contribution is 2.33. The first-order valence-corrected chi connectivity index (χ1v) is 6.97. The minimum atomic E-state index is -4.27. The number of amides is 1. The zero-order chi connectivity index (χ0) is 15.6. The number of nitrogens with two attached hydrogens (primary N) is 1. The molecule has 0 unspecified atom stereocenters. The number of halogens is 3. The molecule has 0 spiro atoms. The van der Waals surface area contributed by atoms with Gasteiger partial charge in [0.25, 0.3) is 0 Å². The van der Waals surface area contributed by atoms with Crippen LogP contribution in [0.25, 0.3) is 0 Å². The molecule has 1 saturated heterocycles. The maximum absolute atomic E-state index is 12.4. The summed E-state index contributed by atoms with van der Waals surface area (Å²) in [5.41, 5.74) is 6.83. The van der Waals surface area contributed by atoms with Crippen molar-refractivity contribution < 1.29 is 18.0 Å². The average Bonchev–Trinajstić information content (AvgIpc) is 2.42. The lowest BCUT2D eigenvalue weighted by Crippen LogP contribution is -2.56. The molecule has 2 rings (SSSR count). The first-order chi connectivity index (χ1) is 9.79. The topological polar surface area (TPSA) is 46.3 Å². The normalized spacial score (nSPS) is 27.0. The predicted octanol–water partition coefficient (Wildman–Crippen LogP) is 2.67. The van der Waals surface area contributed by atoms with Crippen LogP contribution in [-0.2, 0) is 4.79 Å². The molecule has 3 nitrogen and oxygen atoms in total. The third-order valence-corrected chi connectivity index (χ3v) is 4.05. The molecule has 1 amide bonds. The Morgan fingerprint density at radius 2 is 1.90 bits per heavy atom. The van der Waals surface area contributed by atoms with E-state index in [1.54, 1.807) is 6.92 Å². The van der Waals surface area contributed by atoms with Gasteiger partial charge in [-0.25, -0.2) is 0 Å². The van der Waals surface area contributed by atoms with Gasteiger partial charge < -0.3 is 10.6 Å². The molecule has 1 aromatic rings. The third kappa shape index (κ3) is 3.75. The number of alkyl halides is 3. The maximum atomic E-state index is 12.4. The molecule has 0 aliphatic carbocycles. The zero-order valence-electron chi connectivity index (χ0n) is 11.8. The van der Waals surface area contributed by atoms with Crippen molar-refractivity contribution in [2.75, 3.05) is 6.54 Å². The molecule has 3 atom stereocenters. The summed E-state index contributed by atoms with van der Waals surface area (Å²) in [5, 5.41) is 0. The Hall–Kier alpha value is -1.56. The van der Waals surface area contributed by atoms with Crippen LogP contribution in [0.3, 0.4) is 0 Å². The lowest BCUT2D eigenvalue weighted by atomic mass is 9.82. The highest BCUT2D eigenvalue weighted by Gasteiger charge is 2.40. The molecule has 1 heterocycles. The molecule has 2 N–H and O–H groups in total. The zero-order valence-corrected chi connectivity index (χ0v) is 11.8. The van der Waals surface area contributed by atoms with Crippen LogP contribution in [0, 0.1) is 0 Å². The van der Waals surface area contributed by atoms with Crippen LogP contribution in [-0.4, -0.2) is 35.6 Å². The number of carbonyl (C=O) groups is 1. The van der Waals surface area contributed by atoms with Crippen LogP contribution in [0.2, 0.25) is 0 Å². The summed E-state index contributed by atoms with van der Waals surface area (Å²) in [5.74, 6) is -0.425. The van der Waals surface area contributed by atoms with E-state index < -0.39 is 18.6 Å². The number of benzene rings is 1. The smallest absolute Gasteiger partial charge is 0.338 e. The minimum absolute atomic E-state index is 0.0351. The Morgan fingerprint density at radius 3 is 2.48 bits per heavy atom. The third-order valence-electron chi connectivity index (χ3n) is 4.05. The lowest BCUT2D eigenvalue weighted by molar-refractivity contribution is -0.151. The second kappa shape index (κ2) is 6.05. The SMILES string of the molecule is C[C@@H]1[C@H](c2ccccc2)C[C@H](N)C(=O)N1CCC(F)(F)F. The van der Waals surface area contributed by atoms with Gasteiger partial charge in [-0.1, -0.05) is 30.3 Å². The summed E-state index contributed by atoms with van der Waals surface area (Å²) in [7, 11) is 0. The van der Waals surface area contributed by atoms with Crippen LogP contribution in [0.4, 0.5) is 13.2 Å². The van der Waals surface area contributed by atoms with Gasteiger partial charge in [0.05, 0.1) is 12.5 Å². The molecule has 1 aliphatic heterocycles. The summed E-state index contributed by atoms with van der Waals surface area (Å²) in [6.07, 6.45) is -4.81. The monoisotopic (exact) mass is 300 g/mol. The highest BCUT2D eigenvalue weighted by atomic mass is 19.4. The summed E-state index contributed by atoms with van der Waals surface area (Å²) in [4.78, 5) is 13.3. The van der Waals surface area contributed by atoms with Crippen molar-refractivity contribution in [2.24, 2.45) is 5.73 Å². The van der Waals surface area contributed by atoms with Gasteiger partial charge in [-0.05, 0) is 18.9 Å². The number of nitrogens with zero attached hydrogens (tertiary/aromatic N) is 1. The largest absolute Gasteiger partial charge is 0.390 e. The quantitative estimate of drug-likeness (QED) is 0.933. The van der Waals surface area contributed by atoms with Gasteiger partial charge in [0, 0.05) is 18.5 Å². The van der Waals surface area contributed by atoms with Gasteiger partial charge in [0.2, 0.25) is 5.91 Å². The van der Waals surface area contributed by atoms with Gasteiger partial charge >= 0.3 is 6.18 Å². The summed E-state index contributed by atoms with van der Waals surface area (Å²) < 4.78 is 37.2. The van der Waals surface area contributed by atoms with E-state index in [1.165, 1.54) is 4.90 Å². The van der Waals surface area contributed by atoms with Crippen molar-refractivity contribution in [3.05, 3.63) is 35.9 Å². The van der Waals surface area contributed by atoms with Gasteiger partial charge in [0.1, 0.15) is 0 Å². The number of rotatable bonds is 3. The second-order valence-corrected chi connectivity index (χ2v) is 5.50. The fourth-order valence-corrected chi connectivity index (χ4v) is 2.88. The van der Waals surface area contributed by atoms with Crippen molar-refractivity contribution in [1.29, 1.82) is 0 Å². The van der Waals surface area contributed by atoms with Gasteiger partial charge in [0.15, 0.2) is 0 Å². The first kappa shape index (κ1) is 15.8. The van der Waals surface area contributed by atoms with Crippen molar-refractivity contribution >= 4 is 5.91 Å². The Kier molecular flexibility index (Phi) is 4.56. The fraction of sp³-hybridized carbons (Fsp3) is 0.533. The van der Waals surface area contributed by atoms with E-state index >= 15 is 0 Å². The molecule has 1 aliphatic rings. The predicted molar refractivity (Wildman–Crippen MR) is 73.6 cm³/mol. The number of carbonyl (C=O) groups excluding carboxylic acids is 1. The van der Waals surface area contributed by atoms with Gasteiger partial charge in [-0.15, -0.1) is 0 Å². The van der Waals surface area contributed by atoms with E-state index in [4.69, 9.17) is 5.73 Å². The summed E-state index contributed by atoms with van der Waals surface area (Å²) in [6.45, 7) is 1.46. The van der Waals surface area contributed by atoms with E-state index in [-0.39, 0.29) is 24.4 Å². The van der Waals surface area contributed by atoms with E-state index in [0.717, 1.165) is 5.56 Å². The summed E-state index contributed by atoms with van der Waals surface area (Å²) in [6, 6.07) is 8.45. The van der Waals surface area contributed by atoms with Crippen LogP contribution < -0.4 is 5.73 Å². The Labute approximate surface area is 121 Å². The molecule has 1 aromatic carbocycles. The van der Waals surface area contributed by atoms with E-state index in [0.29, 0.717) is 6.42 Å². The summed E-state index contributed by atoms with van der Waals surface area (Å²) >= 11 is 0. The number of likely N-dealkylation sites (tertiary alicyclic amines) is 1. The Morgan fingerprint density at radius 1 is 1.29 bits per heavy atom. The molecule has 0 bridgehead atoms. The van der Waals surface area contributed by atoms with Crippen LogP contribution in [0.5, 0.6) is 0 Å². The van der Waals surface area contributed by atoms with E-state index in [2.05, 4.69) is 0 Å². The van der Waals surface area contributed by atoms with Crippen molar-refractivity contribution in [1.82, 2.24) is 4.90 Å². The molecule has 0 aromatic heterocycles. The van der Waals surface area contributed by atoms with Crippen molar-refractivity contribution in [3.63, 3.8) is 0 Å². The number of hydrogen-bond acceptors (Lipinski definition) is 2. The molecular formula is C15H19F3N2O. The molecular weight excluding hydrogens is 281 g/mol. The lowest BCUT2D eigenvalue weighted by Gasteiger charge is -2.42. The second-order valence-electron chi connectivity index (χ2n) is 5.50. The molecule has 0 radical (unpaired) electrons. The maximum Gasteiger partial charge on any atom is 0.390 e. The van der Waals surface area contributed by atoms with Crippen LogP contribution >= 0.6 is 0 Å². The van der Waals surface area contributed by atoms with Crippen LogP contribution in [0.15, 0.2) is 30.3 Å². The van der Waals surface area contributed by atoms with Crippen LogP contribution in [0.1, 0.15) is 31.2 Å². The standard InChI is InChI=1S/C15H19F3N2O/c1-10-12(11-5-3-2-4-6-11)9-13(19)14(21)20(10)8-7-15(16,17)18/h2-6,10,12-13H,7-9,19H2,1H3/t10-,12-,13+/m1/s1. The Bertz CT molecular complexity index is 489. The highest BCUT2D eigenvalue weighted by molar-refractivity contribution is 5.83. The molecule has 116 valence electrons. The van der Waals surface area contributed by atoms with Crippen molar-refractivity contribution in [3.8, 4) is 0 Å². The number of piperidine rings is 1. The van der Waals surface area contributed by atoms with Gasteiger partial charge in [-0.3, -0.25) is 4.79 Å². The van der Waals surface area contributed by atoms with Crippen molar-refractivity contribution in [2.45, 2.75) is 43.9 Å². The van der Waals surface area contributed by atoms with E-state index in [9.17, 15) is 18.0 Å². The van der Waals surface area contributed by atoms with E-state index in [1.807, 2.05) is 30.3 Å². The Balaban J connectivity index is 2.17. The fourth-order valence-electron chi connectivity index (χ4n) is 2.88. The van der Waals surface area contributed by atoms with Gasteiger partial charge in [-0.2, -0.15) is 13.2 Å².